The molecular weight excluding hydrogens is 882 g/mol. The van der Waals surface area contributed by atoms with Crippen molar-refractivity contribution < 1.29 is 32.6 Å². The van der Waals surface area contributed by atoms with Crippen LogP contribution in [-0.4, -0.2) is 106 Å². The van der Waals surface area contributed by atoms with Gasteiger partial charge in [0.1, 0.15) is 40.5 Å². The number of aryl methyl sites for hydroxylation is 1. The molecule has 5 aromatic rings. The molecule has 2 aromatic heterocycles. The maximum absolute atomic E-state index is 17.1. The summed E-state index contributed by atoms with van der Waals surface area (Å²) >= 11 is 0. The van der Waals surface area contributed by atoms with Gasteiger partial charge in [0.2, 0.25) is 11.8 Å². The number of fused-ring (bicyclic) bond motifs is 2. The molecule has 4 aliphatic heterocycles. The number of benzene rings is 3. The van der Waals surface area contributed by atoms with Crippen LogP contribution in [0.1, 0.15) is 108 Å². The third-order valence-corrected chi connectivity index (χ3v) is 16.7. The van der Waals surface area contributed by atoms with E-state index in [0.29, 0.717) is 75.6 Å². The van der Waals surface area contributed by atoms with Crippen LogP contribution in [0.2, 0.25) is 0 Å². The largest absolute Gasteiger partial charge is 0.508 e. The minimum Gasteiger partial charge on any atom is -0.508 e. The Morgan fingerprint density at radius 1 is 0.913 bits per heavy atom. The van der Waals surface area contributed by atoms with Gasteiger partial charge in [0.25, 0.3) is 0 Å². The Balaban J connectivity index is 0.714. The van der Waals surface area contributed by atoms with Gasteiger partial charge in [-0.05, 0) is 173 Å². The highest BCUT2D eigenvalue weighted by Crippen LogP contribution is 2.53. The first-order valence-corrected chi connectivity index (χ1v) is 25.4. The zero-order valence-corrected chi connectivity index (χ0v) is 39.8. The Labute approximate surface area is 401 Å². The average molecular weight is 945 g/mol. The third kappa shape index (κ3) is 9.09. The molecule has 2 aliphatic carbocycles. The van der Waals surface area contributed by atoms with Crippen LogP contribution in [0.3, 0.4) is 0 Å². The molecule has 3 N–H and O–H groups in total. The molecule has 6 aliphatic rings. The number of nitrogens with zero attached hydrogens (tertiary/aromatic N) is 6. The number of amides is 2. The van der Waals surface area contributed by atoms with Gasteiger partial charge in [-0.3, -0.25) is 19.9 Å². The second-order valence-electron chi connectivity index (χ2n) is 21.5. The first-order valence-electron chi connectivity index (χ1n) is 25.4. The van der Waals surface area contributed by atoms with Crippen LogP contribution in [0.25, 0.3) is 32.9 Å². The van der Waals surface area contributed by atoms with Crippen molar-refractivity contribution in [3.63, 3.8) is 0 Å². The molecule has 6 heterocycles. The van der Waals surface area contributed by atoms with E-state index in [1.165, 1.54) is 43.9 Å². The highest BCUT2D eigenvalue weighted by molar-refractivity contribution is 6.02. The average Bonchev–Trinajstić information content (AvgIpc) is 4.10. The fourth-order valence-electron chi connectivity index (χ4n) is 12.5. The Bertz CT molecular complexity index is 2800. The lowest BCUT2D eigenvalue weighted by atomic mass is 9.59. The van der Waals surface area contributed by atoms with Crippen LogP contribution >= 0.6 is 0 Å². The van der Waals surface area contributed by atoms with E-state index in [1.807, 2.05) is 19.1 Å². The molecule has 15 heteroatoms. The van der Waals surface area contributed by atoms with Crippen molar-refractivity contribution in [1.29, 1.82) is 0 Å². The van der Waals surface area contributed by atoms with Crippen LogP contribution in [0.5, 0.6) is 11.8 Å². The van der Waals surface area contributed by atoms with Crippen LogP contribution in [0.4, 0.5) is 24.7 Å². The number of ether oxygens (including phenoxy) is 1. The quantitative estimate of drug-likeness (QED) is 0.103. The summed E-state index contributed by atoms with van der Waals surface area (Å²) in [5.41, 5.74) is 2.52. The highest BCUT2D eigenvalue weighted by Gasteiger charge is 2.51. The lowest BCUT2D eigenvalue weighted by Crippen LogP contribution is -2.56. The number of aromatic hydroxyl groups is 1. The van der Waals surface area contributed by atoms with Crippen molar-refractivity contribution >= 4 is 45.0 Å². The van der Waals surface area contributed by atoms with Crippen molar-refractivity contribution in [3.8, 4) is 23.0 Å². The summed E-state index contributed by atoms with van der Waals surface area (Å²) in [6.45, 7) is 11.1. The molecule has 0 radical (unpaired) electrons. The molecular formula is C54H63F3N8O4. The Morgan fingerprint density at radius 3 is 2.43 bits per heavy atom. The zero-order valence-electron chi connectivity index (χ0n) is 39.8. The minimum absolute atomic E-state index is 0.00541. The number of aromatic nitrogens is 3. The Hall–Kier alpha value is -5.54. The van der Waals surface area contributed by atoms with E-state index in [1.54, 1.807) is 18.3 Å². The lowest BCUT2D eigenvalue weighted by Gasteiger charge is -2.56. The number of piperidine rings is 4. The number of carbonyl (C=O) groups excluding carboxylic acids is 2. The van der Waals surface area contributed by atoms with Gasteiger partial charge < -0.3 is 29.9 Å². The molecule has 364 valence electrons. The first kappa shape index (κ1) is 45.9. The summed E-state index contributed by atoms with van der Waals surface area (Å²) in [5.74, 6) is -0.770. The van der Waals surface area contributed by atoms with Crippen molar-refractivity contribution in [2.75, 3.05) is 62.6 Å². The summed E-state index contributed by atoms with van der Waals surface area (Å²) in [5, 5.41) is 17.8. The smallest absolute Gasteiger partial charge is 0.319 e. The number of halogens is 3. The molecule has 0 bridgehead atoms. The molecule has 1 unspecified atom stereocenters. The third-order valence-electron chi connectivity index (χ3n) is 16.7. The van der Waals surface area contributed by atoms with Crippen LogP contribution in [0, 0.1) is 34.2 Å². The molecule has 6 fully saturated rings. The first-order chi connectivity index (χ1) is 33.3. The van der Waals surface area contributed by atoms with Crippen molar-refractivity contribution in [2.24, 2.45) is 16.7 Å². The number of imide groups is 1. The molecule has 2 atom stereocenters. The maximum atomic E-state index is 17.1. The Kier molecular flexibility index (Phi) is 12.2. The number of phenols is 1. The lowest BCUT2D eigenvalue weighted by molar-refractivity contribution is -0.133. The van der Waals surface area contributed by atoms with Crippen molar-refractivity contribution in [3.05, 3.63) is 77.2 Å². The molecule has 11 rings (SSSR count). The van der Waals surface area contributed by atoms with Gasteiger partial charge in [-0.1, -0.05) is 26.0 Å². The van der Waals surface area contributed by atoms with E-state index in [4.69, 9.17) is 14.7 Å². The number of anilines is 2. The van der Waals surface area contributed by atoms with E-state index >= 15 is 13.2 Å². The number of likely N-dealkylation sites (tertiary alicyclic amines) is 2. The van der Waals surface area contributed by atoms with E-state index in [2.05, 4.69) is 37.2 Å². The van der Waals surface area contributed by atoms with E-state index in [9.17, 15) is 14.7 Å². The zero-order chi connectivity index (χ0) is 47.6. The predicted molar refractivity (Wildman–Crippen MR) is 260 cm³/mol. The normalized spacial score (nSPS) is 23.3. The summed E-state index contributed by atoms with van der Waals surface area (Å²) in [6.07, 6.45) is 13.5. The van der Waals surface area contributed by atoms with Gasteiger partial charge in [-0.25, -0.2) is 13.2 Å². The molecule has 69 heavy (non-hydrogen) atoms. The molecule has 4 saturated heterocycles. The van der Waals surface area contributed by atoms with Gasteiger partial charge in [0.05, 0.1) is 12.0 Å². The number of phenolic OH excluding ortho intramolecular Hbond substituents is 1. The number of carbonyl (C=O) groups is 2. The van der Waals surface area contributed by atoms with E-state index in [0.717, 1.165) is 89.9 Å². The van der Waals surface area contributed by atoms with Crippen molar-refractivity contribution in [2.45, 2.75) is 115 Å². The summed E-state index contributed by atoms with van der Waals surface area (Å²) in [7, 11) is 0. The Morgan fingerprint density at radius 2 is 1.71 bits per heavy atom. The van der Waals surface area contributed by atoms with Gasteiger partial charge in [-0.15, -0.1) is 0 Å². The molecule has 1 spiro atoms. The predicted octanol–water partition coefficient (Wildman–Crippen LogP) is 9.27. The molecule has 2 saturated carbocycles. The van der Waals surface area contributed by atoms with Gasteiger partial charge in [0, 0.05) is 55.0 Å². The standard InChI is InChI=1S/C54H63F3N8O4/c1-3-38-42(55)9-6-34-23-37(66)25-40(46(34)38)48-47(57)49-41(28-58-48)50(65-18-4-5-32(2)29-65)62-52(61-49)69-31-54(14-15-54)30-63-21-16-53(17-22-63)26-36(27-53)64-19-12-33(13-20-64)39-8-7-35(24-43(39)56)59-44-10-11-45(67)60-51(44)68/h6-9,23-25,28,32-33,36,44,59,66H,3-5,10-22,26-27,29-31H2,1-2H3,(H,60,67,68)/t32-,44?/m0/s1. The van der Waals surface area contributed by atoms with E-state index < -0.39 is 11.9 Å². The molecule has 2 amide bonds. The topological polar surface area (TPSA) is 136 Å². The fourth-order valence-corrected chi connectivity index (χ4v) is 12.5. The minimum atomic E-state index is -0.657. The second kappa shape index (κ2) is 18.3. The summed E-state index contributed by atoms with van der Waals surface area (Å²) in [6, 6.07) is 11.4. The fraction of sp³-hybridized carbons (Fsp3) is 0.537. The van der Waals surface area contributed by atoms with Crippen LogP contribution in [-0.2, 0) is 16.0 Å². The number of pyridine rings is 1. The summed E-state index contributed by atoms with van der Waals surface area (Å²) in [4.78, 5) is 45.5. The SMILES string of the molecule is CCc1c(F)ccc2cc(O)cc(-c3ncc4c(N5CCC[C@H](C)C5)nc(OCC5(CN6CCC7(CC6)CC(N6CCC(c8ccc(NC9CCC(=O)NC9=O)cc8F)CC6)C7)CC5)nc4c3F)c12. The second-order valence-corrected chi connectivity index (χ2v) is 21.5. The number of hydrogen-bond acceptors (Lipinski definition) is 11. The monoisotopic (exact) mass is 944 g/mol. The number of rotatable bonds is 12. The van der Waals surface area contributed by atoms with Crippen LogP contribution < -0.4 is 20.3 Å². The maximum Gasteiger partial charge on any atom is 0.319 e. The highest BCUT2D eigenvalue weighted by atomic mass is 19.1. The van der Waals surface area contributed by atoms with Gasteiger partial charge in [0.15, 0.2) is 5.82 Å². The van der Waals surface area contributed by atoms with Gasteiger partial charge >= 0.3 is 6.01 Å². The van der Waals surface area contributed by atoms with Crippen molar-refractivity contribution in [1.82, 2.24) is 30.1 Å². The summed E-state index contributed by atoms with van der Waals surface area (Å²) < 4.78 is 54.2. The molecule has 3 aromatic carbocycles. The number of hydrogen-bond donors (Lipinski definition) is 3. The van der Waals surface area contributed by atoms with Crippen LogP contribution in [0.15, 0.2) is 48.7 Å². The van der Waals surface area contributed by atoms with E-state index in [-0.39, 0.29) is 64.2 Å². The van der Waals surface area contributed by atoms with Gasteiger partial charge in [-0.2, -0.15) is 9.97 Å². The molecule has 12 nitrogen and oxygen atoms in total. The number of nitrogens with one attached hydrogen (secondary N) is 2.